The van der Waals surface area contributed by atoms with E-state index in [0.717, 1.165) is 24.5 Å². The molecule has 0 radical (unpaired) electrons. The highest BCUT2D eigenvalue weighted by Crippen LogP contribution is 2.15. The Hall–Kier alpha value is -3.94. The van der Waals surface area contributed by atoms with Gasteiger partial charge in [-0.05, 0) is 36.8 Å². The third kappa shape index (κ3) is 3.80. The van der Waals surface area contributed by atoms with Crippen LogP contribution in [-0.2, 0) is 0 Å². The number of nitrogens with one attached hydrogen (secondary N) is 2. The average molecular weight is 403 g/mol. The van der Waals surface area contributed by atoms with Crippen molar-refractivity contribution in [3.63, 3.8) is 0 Å². The number of benzene rings is 1. The molecule has 0 aliphatic carbocycles. The van der Waals surface area contributed by atoms with Crippen LogP contribution < -0.4 is 20.9 Å². The molecule has 8 nitrogen and oxygen atoms in total. The Bertz CT molecular complexity index is 1180. The van der Waals surface area contributed by atoms with Gasteiger partial charge in [0, 0.05) is 30.1 Å². The first-order valence-corrected chi connectivity index (χ1v) is 9.49. The lowest BCUT2D eigenvalue weighted by molar-refractivity contribution is 0.102. The molecule has 0 fully saturated rings. The van der Waals surface area contributed by atoms with Crippen molar-refractivity contribution in [3.8, 4) is 11.6 Å². The summed E-state index contributed by atoms with van der Waals surface area (Å²) in [6, 6.07) is 12.5. The zero-order chi connectivity index (χ0) is 21.1. The topological polar surface area (TPSA) is 97.6 Å². The quantitative estimate of drug-likeness (QED) is 0.680. The number of anilines is 1. The van der Waals surface area contributed by atoms with Gasteiger partial charge >= 0.3 is 0 Å². The number of carbonyl (C=O) groups excluding carboxylic acids is 1. The van der Waals surface area contributed by atoms with E-state index in [9.17, 15) is 9.59 Å². The standard InChI is InChI=1S/C22H21N5O3/c1-14-8-11-27(17-6-7-18(30-2)25-13-17)22(29)19(14)21(28)26-16-5-3-4-15(12-16)20-23-9-10-24-20/h3-8,11-13H,9-10H2,1-2H3,(H,23,24)(H,26,28). The van der Waals surface area contributed by atoms with Crippen molar-refractivity contribution in [1.29, 1.82) is 0 Å². The maximum Gasteiger partial charge on any atom is 0.268 e. The third-order valence-corrected chi connectivity index (χ3v) is 4.80. The number of hydrogen-bond donors (Lipinski definition) is 2. The SMILES string of the molecule is COc1ccc(-n2ccc(C)c(C(=O)Nc3cccc(C4=NCCN4)c3)c2=O)cn1. The second-order valence-electron chi connectivity index (χ2n) is 6.80. The number of aryl methyl sites for hydroxylation is 1. The summed E-state index contributed by atoms with van der Waals surface area (Å²) in [4.78, 5) is 34.6. The smallest absolute Gasteiger partial charge is 0.268 e. The van der Waals surface area contributed by atoms with Gasteiger partial charge in [-0.15, -0.1) is 0 Å². The lowest BCUT2D eigenvalue weighted by atomic mass is 10.1. The highest BCUT2D eigenvalue weighted by atomic mass is 16.5. The first-order valence-electron chi connectivity index (χ1n) is 9.49. The average Bonchev–Trinajstić information content (AvgIpc) is 3.29. The number of amidine groups is 1. The number of nitrogens with zero attached hydrogens (tertiary/aromatic N) is 3. The van der Waals surface area contributed by atoms with Crippen molar-refractivity contribution in [3.05, 3.63) is 81.9 Å². The summed E-state index contributed by atoms with van der Waals surface area (Å²) in [6.45, 7) is 3.27. The number of rotatable bonds is 5. The minimum absolute atomic E-state index is 0.0788. The molecule has 1 aliphatic heterocycles. The van der Waals surface area contributed by atoms with Gasteiger partial charge in [0.1, 0.15) is 11.4 Å². The van der Waals surface area contributed by atoms with Gasteiger partial charge in [0.25, 0.3) is 11.5 Å². The Morgan fingerprint density at radius 3 is 2.80 bits per heavy atom. The molecule has 30 heavy (non-hydrogen) atoms. The first-order chi connectivity index (χ1) is 14.6. The summed E-state index contributed by atoms with van der Waals surface area (Å²) < 4.78 is 6.44. The summed E-state index contributed by atoms with van der Waals surface area (Å²) in [6.07, 6.45) is 3.15. The molecule has 1 amide bonds. The van der Waals surface area contributed by atoms with E-state index in [1.165, 1.54) is 17.9 Å². The number of carbonyl (C=O) groups is 1. The van der Waals surface area contributed by atoms with Crippen LogP contribution in [0.1, 0.15) is 21.5 Å². The van der Waals surface area contributed by atoms with Crippen molar-refractivity contribution < 1.29 is 9.53 Å². The van der Waals surface area contributed by atoms with Crippen LogP contribution in [0.4, 0.5) is 5.69 Å². The van der Waals surface area contributed by atoms with Gasteiger partial charge in [-0.25, -0.2) is 4.98 Å². The number of aliphatic imine (C=N–C) groups is 1. The van der Waals surface area contributed by atoms with Gasteiger partial charge in [0.2, 0.25) is 5.88 Å². The van der Waals surface area contributed by atoms with Crippen molar-refractivity contribution in [2.24, 2.45) is 4.99 Å². The van der Waals surface area contributed by atoms with E-state index in [1.54, 1.807) is 37.4 Å². The second-order valence-corrected chi connectivity index (χ2v) is 6.80. The molecule has 2 aromatic heterocycles. The zero-order valence-electron chi connectivity index (χ0n) is 16.7. The molecule has 0 spiro atoms. The molecule has 152 valence electrons. The van der Waals surface area contributed by atoms with Crippen LogP contribution in [-0.4, -0.2) is 41.5 Å². The highest BCUT2D eigenvalue weighted by molar-refractivity contribution is 6.06. The number of ether oxygens (including phenoxy) is 1. The van der Waals surface area contributed by atoms with E-state index >= 15 is 0 Å². The number of pyridine rings is 2. The molecule has 8 heteroatoms. The number of aromatic nitrogens is 2. The molecule has 1 aromatic carbocycles. The Morgan fingerprint density at radius 2 is 2.10 bits per heavy atom. The Kier molecular flexibility index (Phi) is 5.30. The van der Waals surface area contributed by atoms with Crippen LogP contribution in [0.2, 0.25) is 0 Å². The maximum absolute atomic E-state index is 13.1. The van der Waals surface area contributed by atoms with Crippen LogP contribution in [0.25, 0.3) is 5.69 Å². The predicted octanol–water partition coefficient (Wildman–Crippen LogP) is 2.15. The number of hydrogen-bond acceptors (Lipinski definition) is 6. The van der Waals surface area contributed by atoms with Crippen molar-refractivity contribution in [2.75, 3.05) is 25.5 Å². The van der Waals surface area contributed by atoms with Crippen LogP contribution >= 0.6 is 0 Å². The summed E-state index contributed by atoms with van der Waals surface area (Å²) >= 11 is 0. The zero-order valence-corrected chi connectivity index (χ0v) is 16.7. The lowest BCUT2D eigenvalue weighted by Gasteiger charge is -2.12. The molecule has 3 heterocycles. The molecule has 0 atom stereocenters. The van der Waals surface area contributed by atoms with Crippen LogP contribution in [0, 0.1) is 6.92 Å². The lowest BCUT2D eigenvalue weighted by Crippen LogP contribution is -2.29. The number of methoxy groups -OCH3 is 1. The minimum atomic E-state index is -0.466. The number of amides is 1. The fraction of sp³-hybridized carbons (Fsp3) is 0.182. The molecular weight excluding hydrogens is 382 g/mol. The van der Waals surface area contributed by atoms with Crippen molar-refractivity contribution >= 4 is 17.4 Å². The Morgan fingerprint density at radius 1 is 1.23 bits per heavy atom. The summed E-state index contributed by atoms with van der Waals surface area (Å²) in [5.41, 5.74) is 2.27. The van der Waals surface area contributed by atoms with Gasteiger partial charge in [0.05, 0.1) is 25.5 Å². The van der Waals surface area contributed by atoms with E-state index in [2.05, 4.69) is 20.6 Å². The van der Waals surface area contributed by atoms with Gasteiger partial charge < -0.3 is 15.4 Å². The third-order valence-electron chi connectivity index (χ3n) is 4.80. The molecule has 0 unspecified atom stereocenters. The van der Waals surface area contributed by atoms with E-state index in [1.807, 2.05) is 18.2 Å². The molecular formula is C22H21N5O3. The van der Waals surface area contributed by atoms with Crippen LogP contribution in [0.3, 0.4) is 0 Å². The van der Waals surface area contributed by atoms with E-state index in [0.29, 0.717) is 22.8 Å². The second kappa shape index (κ2) is 8.20. The Labute approximate surface area is 173 Å². The monoisotopic (exact) mass is 403 g/mol. The van der Waals surface area contributed by atoms with Gasteiger partial charge in [-0.2, -0.15) is 0 Å². The highest BCUT2D eigenvalue weighted by Gasteiger charge is 2.17. The first kappa shape index (κ1) is 19.4. The van der Waals surface area contributed by atoms with Gasteiger partial charge in [-0.3, -0.25) is 19.1 Å². The van der Waals surface area contributed by atoms with Gasteiger partial charge in [-0.1, -0.05) is 12.1 Å². The van der Waals surface area contributed by atoms with Gasteiger partial charge in [0.15, 0.2) is 0 Å². The summed E-state index contributed by atoms with van der Waals surface area (Å²) in [5, 5.41) is 6.04. The van der Waals surface area contributed by atoms with Crippen molar-refractivity contribution in [2.45, 2.75) is 6.92 Å². The molecule has 1 aliphatic rings. The Balaban J connectivity index is 1.64. The summed E-state index contributed by atoms with van der Waals surface area (Å²) in [7, 11) is 1.52. The molecule has 0 bridgehead atoms. The minimum Gasteiger partial charge on any atom is -0.481 e. The molecule has 2 N–H and O–H groups in total. The fourth-order valence-electron chi connectivity index (χ4n) is 3.27. The van der Waals surface area contributed by atoms with E-state index in [-0.39, 0.29) is 5.56 Å². The molecule has 3 aromatic rings. The predicted molar refractivity (Wildman–Crippen MR) is 115 cm³/mol. The molecule has 0 saturated heterocycles. The van der Waals surface area contributed by atoms with E-state index < -0.39 is 11.5 Å². The largest absolute Gasteiger partial charge is 0.481 e. The maximum atomic E-state index is 13.1. The van der Waals surface area contributed by atoms with Crippen LogP contribution in [0.5, 0.6) is 5.88 Å². The van der Waals surface area contributed by atoms with E-state index in [4.69, 9.17) is 4.74 Å². The van der Waals surface area contributed by atoms with Crippen molar-refractivity contribution in [1.82, 2.24) is 14.9 Å². The molecule has 4 rings (SSSR count). The fourth-order valence-corrected chi connectivity index (χ4v) is 3.27. The summed E-state index contributed by atoms with van der Waals surface area (Å²) in [5.74, 6) is 0.779. The van der Waals surface area contributed by atoms with Crippen LogP contribution in [0.15, 0.2) is 64.6 Å². The molecule has 0 saturated carbocycles. The normalized spacial score (nSPS) is 12.8.